The summed E-state index contributed by atoms with van der Waals surface area (Å²) in [4.78, 5) is 16.5. The fourth-order valence-electron chi connectivity index (χ4n) is 2.85. The number of H-pyrrole nitrogens is 1. The van der Waals surface area contributed by atoms with Crippen LogP contribution in [0.5, 0.6) is 5.88 Å². The molecule has 7 nitrogen and oxygen atoms in total. The van der Waals surface area contributed by atoms with Gasteiger partial charge in [0.2, 0.25) is 11.8 Å². The Balaban J connectivity index is 1.63. The van der Waals surface area contributed by atoms with Gasteiger partial charge in [0, 0.05) is 36.8 Å². The maximum absolute atomic E-state index is 12.3. The highest BCUT2D eigenvalue weighted by Crippen LogP contribution is 2.19. The van der Waals surface area contributed by atoms with Gasteiger partial charge in [0.15, 0.2) is 10.6 Å². The molecule has 0 saturated heterocycles. The number of pyridine rings is 1. The molecule has 2 aromatic heterocycles. The summed E-state index contributed by atoms with van der Waals surface area (Å²) in [6.07, 6.45) is 1.96. The fourth-order valence-corrected chi connectivity index (χ4v) is 3.07. The van der Waals surface area contributed by atoms with Crippen molar-refractivity contribution in [1.82, 2.24) is 25.1 Å². The smallest absolute Gasteiger partial charge is 0.222 e. The van der Waals surface area contributed by atoms with E-state index in [-0.39, 0.29) is 12.3 Å². The molecule has 0 atom stereocenters. The van der Waals surface area contributed by atoms with Gasteiger partial charge in [-0.3, -0.25) is 14.5 Å². The second-order valence-corrected chi connectivity index (χ2v) is 6.69. The molecule has 1 aromatic carbocycles. The van der Waals surface area contributed by atoms with Crippen LogP contribution < -0.4 is 10.1 Å². The van der Waals surface area contributed by atoms with Crippen molar-refractivity contribution in [2.75, 3.05) is 6.61 Å². The number of carbonyl (C=O) groups is 1. The molecule has 0 unspecified atom stereocenters. The number of aromatic nitrogens is 4. The average molecular weight is 398 g/mol. The number of hydrogen-bond donors (Lipinski definition) is 2. The molecule has 3 rings (SSSR count). The molecule has 3 aromatic rings. The van der Waals surface area contributed by atoms with Crippen molar-refractivity contribution >= 4 is 18.1 Å². The van der Waals surface area contributed by atoms with Gasteiger partial charge in [-0.05, 0) is 38.2 Å². The molecule has 0 aliphatic carbocycles. The van der Waals surface area contributed by atoms with E-state index in [2.05, 4.69) is 20.5 Å². The van der Waals surface area contributed by atoms with Gasteiger partial charge < -0.3 is 10.1 Å². The minimum absolute atomic E-state index is 0.0791. The number of amides is 1. The van der Waals surface area contributed by atoms with E-state index in [0.29, 0.717) is 30.3 Å². The molecular formula is C20H23N5O2S. The van der Waals surface area contributed by atoms with Gasteiger partial charge in [-0.15, -0.1) is 0 Å². The van der Waals surface area contributed by atoms with E-state index >= 15 is 0 Å². The summed E-state index contributed by atoms with van der Waals surface area (Å²) in [6.45, 7) is 5.26. The van der Waals surface area contributed by atoms with Crippen molar-refractivity contribution in [2.45, 2.75) is 33.4 Å². The summed E-state index contributed by atoms with van der Waals surface area (Å²) in [6, 6.07) is 11.7. The summed E-state index contributed by atoms with van der Waals surface area (Å²) in [5.41, 5.74) is 2.94. The quantitative estimate of drug-likeness (QED) is 0.569. The number of rotatable bonds is 8. The third kappa shape index (κ3) is 4.83. The number of carbonyl (C=O) groups excluding carboxylic acids is 1. The Hall–Kier alpha value is -3.00. The summed E-state index contributed by atoms with van der Waals surface area (Å²) in [5.74, 6) is 1.20. The monoisotopic (exact) mass is 397 g/mol. The van der Waals surface area contributed by atoms with Crippen LogP contribution in [-0.2, 0) is 17.9 Å². The van der Waals surface area contributed by atoms with Crippen LogP contribution >= 0.6 is 12.2 Å². The SMILES string of the molecule is CCOc1ncccc1CNC(=O)CCn1c(-c2cccc(C)c2)n[nH]c1=S. The van der Waals surface area contributed by atoms with Crippen molar-refractivity contribution < 1.29 is 9.53 Å². The molecule has 1 amide bonds. The van der Waals surface area contributed by atoms with Crippen LogP contribution in [0, 0.1) is 11.7 Å². The van der Waals surface area contributed by atoms with Crippen LogP contribution in [-0.4, -0.2) is 32.3 Å². The van der Waals surface area contributed by atoms with Gasteiger partial charge in [-0.2, -0.15) is 5.10 Å². The molecule has 146 valence electrons. The van der Waals surface area contributed by atoms with Crippen molar-refractivity contribution in [3.63, 3.8) is 0 Å². The molecule has 0 fully saturated rings. The first-order valence-corrected chi connectivity index (χ1v) is 9.55. The number of nitrogens with zero attached hydrogens (tertiary/aromatic N) is 3. The van der Waals surface area contributed by atoms with Gasteiger partial charge in [0.25, 0.3) is 0 Å². The summed E-state index contributed by atoms with van der Waals surface area (Å²) >= 11 is 5.33. The van der Waals surface area contributed by atoms with Crippen LogP contribution in [0.15, 0.2) is 42.6 Å². The van der Waals surface area contributed by atoms with E-state index in [0.717, 1.165) is 22.5 Å². The first-order valence-electron chi connectivity index (χ1n) is 9.14. The molecule has 8 heteroatoms. The predicted octanol–water partition coefficient (Wildman–Crippen LogP) is 3.42. The predicted molar refractivity (Wildman–Crippen MR) is 109 cm³/mol. The Labute approximate surface area is 168 Å². The fraction of sp³-hybridized carbons (Fsp3) is 0.300. The van der Waals surface area contributed by atoms with E-state index in [1.54, 1.807) is 6.20 Å². The van der Waals surface area contributed by atoms with Gasteiger partial charge in [0.05, 0.1) is 6.61 Å². The lowest BCUT2D eigenvalue weighted by Crippen LogP contribution is -2.24. The Morgan fingerprint density at radius 3 is 2.96 bits per heavy atom. The van der Waals surface area contributed by atoms with Gasteiger partial charge in [-0.25, -0.2) is 4.98 Å². The van der Waals surface area contributed by atoms with Gasteiger partial charge >= 0.3 is 0 Å². The summed E-state index contributed by atoms with van der Waals surface area (Å²) in [5, 5.41) is 10.0. The lowest BCUT2D eigenvalue weighted by atomic mass is 10.1. The zero-order valence-electron chi connectivity index (χ0n) is 15.9. The number of hydrogen-bond acceptors (Lipinski definition) is 5. The number of benzene rings is 1. The van der Waals surface area contributed by atoms with Crippen LogP contribution in [0.25, 0.3) is 11.4 Å². The van der Waals surface area contributed by atoms with E-state index in [1.807, 2.05) is 54.8 Å². The first-order chi connectivity index (χ1) is 13.6. The molecule has 28 heavy (non-hydrogen) atoms. The number of aromatic amines is 1. The minimum Gasteiger partial charge on any atom is -0.478 e. The molecule has 0 spiro atoms. The highest BCUT2D eigenvalue weighted by molar-refractivity contribution is 7.71. The number of nitrogens with one attached hydrogen (secondary N) is 2. The first kappa shape index (κ1) is 19.8. The molecule has 0 saturated carbocycles. The van der Waals surface area contributed by atoms with E-state index in [9.17, 15) is 4.79 Å². The summed E-state index contributed by atoms with van der Waals surface area (Å²) < 4.78 is 7.83. The molecule has 2 N–H and O–H groups in total. The molecule has 0 radical (unpaired) electrons. The largest absolute Gasteiger partial charge is 0.478 e. The van der Waals surface area contributed by atoms with Crippen LogP contribution in [0.1, 0.15) is 24.5 Å². The average Bonchev–Trinajstić information content (AvgIpc) is 3.06. The normalized spacial score (nSPS) is 10.6. The Morgan fingerprint density at radius 2 is 2.18 bits per heavy atom. The second-order valence-electron chi connectivity index (χ2n) is 6.30. The van der Waals surface area contributed by atoms with E-state index in [1.165, 1.54) is 0 Å². The standard InChI is InChI=1S/C20H23N5O2S/c1-3-27-19-16(8-5-10-21-19)13-22-17(26)9-11-25-18(23-24-20(25)28)15-7-4-6-14(2)12-15/h4-8,10,12H,3,9,11,13H2,1-2H3,(H,22,26)(H,24,28). The molecule has 0 aliphatic heterocycles. The van der Waals surface area contributed by atoms with Gasteiger partial charge in [-0.1, -0.05) is 29.8 Å². The lowest BCUT2D eigenvalue weighted by Gasteiger charge is -2.11. The van der Waals surface area contributed by atoms with Crippen LogP contribution in [0.2, 0.25) is 0 Å². The number of aryl methyl sites for hydroxylation is 1. The maximum Gasteiger partial charge on any atom is 0.222 e. The molecule has 0 bridgehead atoms. The van der Waals surface area contributed by atoms with Crippen LogP contribution in [0.4, 0.5) is 0 Å². The van der Waals surface area contributed by atoms with E-state index < -0.39 is 0 Å². The third-order valence-corrected chi connectivity index (χ3v) is 4.52. The van der Waals surface area contributed by atoms with Crippen molar-refractivity contribution in [3.05, 3.63) is 58.5 Å². The minimum atomic E-state index is -0.0791. The highest BCUT2D eigenvalue weighted by Gasteiger charge is 2.12. The van der Waals surface area contributed by atoms with Crippen molar-refractivity contribution in [3.8, 4) is 17.3 Å². The van der Waals surface area contributed by atoms with Crippen molar-refractivity contribution in [2.24, 2.45) is 0 Å². The maximum atomic E-state index is 12.3. The third-order valence-electron chi connectivity index (χ3n) is 4.20. The zero-order chi connectivity index (χ0) is 19.9. The topological polar surface area (TPSA) is 84.8 Å². The van der Waals surface area contributed by atoms with Gasteiger partial charge in [0.1, 0.15) is 0 Å². The Kier molecular flexibility index (Phi) is 6.54. The molecular weight excluding hydrogens is 374 g/mol. The highest BCUT2D eigenvalue weighted by atomic mass is 32.1. The lowest BCUT2D eigenvalue weighted by molar-refractivity contribution is -0.121. The Morgan fingerprint density at radius 1 is 1.32 bits per heavy atom. The van der Waals surface area contributed by atoms with Crippen LogP contribution in [0.3, 0.4) is 0 Å². The van der Waals surface area contributed by atoms with Crippen molar-refractivity contribution in [1.29, 1.82) is 0 Å². The Bertz CT molecular complexity index is 1010. The van der Waals surface area contributed by atoms with E-state index in [4.69, 9.17) is 17.0 Å². The second kappa shape index (κ2) is 9.27. The zero-order valence-corrected chi connectivity index (χ0v) is 16.8. The summed E-state index contributed by atoms with van der Waals surface area (Å²) in [7, 11) is 0. The number of ether oxygens (including phenoxy) is 1. The molecule has 0 aliphatic rings. The molecule has 2 heterocycles.